The molecule has 4 rings (SSSR count). The van der Waals surface area contributed by atoms with Crippen LogP contribution < -0.4 is 26.0 Å². The van der Waals surface area contributed by atoms with E-state index in [1.54, 1.807) is 18.2 Å². The Balaban J connectivity index is 1.37. The highest BCUT2D eigenvalue weighted by Gasteiger charge is 2.20. The molecule has 156 valence electrons. The fourth-order valence-corrected chi connectivity index (χ4v) is 2.79. The van der Waals surface area contributed by atoms with Crippen LogP contribution in [0.3, 0.4) is 0 Å². The molecule has 0 spiro atoms. The molecule has 10 nitrogen and oxygen atoms in total. The number of anilines is 5. The summed E-state index contributed by atoms with van der Waals surface area (Å²) in [5, 5.41) is 15.7. The fraction of sp³-hybridized carbons (Fsp3) is 0.300. The van der Waals surface area contributed by atoms with Crippen molar-refractivity contribution in [2.24, 2.45) is 0 Å². The smallest absolute Gasteiger partial charge is 0.324 e. The summed E-state index contributed by atoms with van der Waals surface area (Å²) in [7, 11) is 0. The average Bonchev–Trinajstić information content (AvgIpc) is 3.19. The highest BCUT2D eigenvalue weighted by Crippen LogP contribution is 2.33. The van der Waals surface area contributed by atoms with Crippen LogP contribution in [0.25, 0.3) is 0 Å². The van der Waals surface area contributed by atoms with Gasteiger partial charge in [0.1, 0.15) is 18.7 Å². The van der Waals surface area contributed by atoms with Gasteiger partial charge in [0.15, 0.2) is 17.5 Å². The molecule has 0 saturated carbocycles. The van der Waals surface area contributed by atoms with E-state index in [4.69, 9.17) is 9.26 Å². The topological polar surface area (TPSA) is 126 Å². The minimum Gasteiger partial charge on any atom is -0.485 e. The quantitative estimate of drug-likeness (QED) is 0.510. The van der Waals surface area contributed by atoms with E-state index in [-0.39, 0.29) is 5.41 Å². The minimum absolute atomic E-state index is 0.184. The van der Waals surface area contributed by atoms with Gasteiger partial charge in [0.2, 0.25) is 5.75 Å². The second kappa shape index (κ2) is 7.90. The van der Waals surface area contributed by atoms with Crippen molar-refractivity contribution in [2.45, 2.75) is 26.2 Å². The Bertz CT molecular complexity index is 1040. The van der Waals surface area contributed by atoms with Gasteiger partial charge in [-0.3, -0.25) is 5.32 Å². The summed E-state index contributed by atoms with van der Waals surface area (Å²) in [5.41, 5.74) is 1.23. The number of nitrogens with zero attached hydrogens (tertiary/aromatic N) is 3. The van der Waals surface area contributed by atoms with Gasteiger partial charge in [-0.25, -0.2) is 14.8 Å². The van der Waals surface area contributed by atoms with Crippen LogP contribution in [0.15, 0.2) is 41.2 Å². The SMILES string of the molecule is CC(C)(C)c1cc(NC(=O)Nc2ccc(Nc3ncnc4c3OCCN4)cc2)no1. The number of ether oxygens (including phenoxy) is 1. The molecule has 0 fully saturated rings. The lowest BCUT2D eigenvalue weighted by atomic mass is 9.93. The molecule has 0 bridgehead atoms. The van der Waals surface area contributed by atoms with Crippen LogP contribution in [0.4, 0.5) is 33.6 Å². The van der Waals surface area contributed by atoms with Gasteiger partial charge in [0.25, 0.3) is 0 Å². The van der Waals surface area contributed by atoms with Crippen molar-refractivity contribution >= 4 is 34.9 Å². The van der Waals surface area contributed by atoms with Crippen LogP contribution in [0.5, 0.6) is 5.75 Å². The highest BCUT2D eigenvalue weighted by molar-refractivity contribution is 5.99. The molecular weight excluding hydrogens is 386 g/mol. The van der Waals surface area contributed by atoms with Gasteiger partial charge in [-0.2, -0.15) is 0 Å². The maximum Gasteiger partial charge on any atom is 0.324 e. The number of aromatic nitrogens is 3. The van der Waals surface area contributed by atoms with E-state index in [1.807, 2.05) is 32.9 Å². The molecule has 3 aromatic rings. The van der Waals surface area contributed by atoms with Crippen molar-refractivity contribution < 1.29 is 14.1 Å². The number of fused-ring (bicyclic) bond motifs is 1. The normalized spacial score (nSPS) is 12.9. The van der Waals surface area contributed by atoms with Crippen molar-refractivity contribution in [3.05, 3.63) is 42.4 Å². The summed E-state index contributed by atoms with van der Waals surface area (Å²) in [6, 6.07) is 8.51. The van der Waals surface area contributed by atoms with E-state index in [0.717, 1.165) is 5.69 Å². The van der Waals surface area contributed by atoms with Gasteiger partial charge in [-0.15, -0.1) is 0 Å². The van der Waals surface area contributed by atoms with Crippen molar-refractivity contribution in [1.82, 2.24) is 15.1 Å². The van der Waals surface area contributed by atoms with E-state index in [1.165, 1.54) is 6.33 Å². The number of carbonyl (C=O) groups excluding carboxylic acids is 1. The van der Waals surface area contributed by atoms with Crippen molar-refractivity contribution in [3.8, 4) is 5.75 Å². The molecule has 0 unspecified atom stereocenters. The second-order valence-corrected chi connectivity index (χ2v) is 7.78. The second-order valence-electron chi connectivity index (χ2n) is 7.78. The fourth-order valence-electron chi connectivity index (χ4n) is 2.79. The van der Waals surface area contributed by atoms with E-state index >= 15 is 0 Å². The number of urea groups is 1. The molecule has 0 atom stereocenters. The first-order valence-corrected chi connectivity index (χ1v) is 9.52. The third kappa shape index (κ3) is 4.43. The van der Waals surface area contributed by atoms with E-state index in [9.17, 15) is 4.79 Å². The Morgan fingerprint density at radius 3 is 2.60 bits per heavy atom. The number of benzene rings is 1. The van der Waals surface area contributed by atoms with Gasteiger partial charge >= 0.3 is 6.03 Å². The van der Waals surface area contributed by atoms with Crippen molar-refractivity contribution in [1.29, 1.82) is 0 Å². The number of rotatable bonds is 4. The Hall–Kier alpha value is -3.82. The summed E-state index contributed by atoms with van der Waals surface area (Å²) < 4.78 is 10.9. The zero-order chi connectivity index (χ0) is 21.1. The maximum absolute atomic E-state index is 12.2. The third-order valence-corrected chi connectivity index (χ3v) is 4.34. The van der Waals surface area contributed by atoms with Crippen LogP contribution in [-0.2, 0) is 5.41 Å². The van der Waals surface area contributed by atoms with Crippen LogP contribution in [0.2, 0.25) is 0 Å². The Labute approximate surface area is 173 Å². The zero-order valence-electron chi connectivity index (χ0n) is 16.9. The first-order valence-electron chi connectivity index (χ1n) is 9.52. The molecule has 0 saturated heterocycles. The van der Waals surface area contributed by atoms with Gasteiger partial charge < -0.3 is 25.2 Å². The number of amides is 2. The summed E-state index contributed by atoms with van der Waals surface area (Å²) in [6.07, 6.45) is 1.47. The summed E-state index contributed by atoms with van der Waals surface area (Å²) in [6.45, 7) is 7.28. The molecule has 1 aromatic carbocycles. The zero-order valence-corrected chi connectivity index (χ0v) is 16.9. The number of carbonyl (C=O) groups is 1. The van der Waals surface area contributed by atoms with Crippen LogP contribution in [-0.4, -0.2) is 34.3 Å². The van der Waals surface area contributed by atoms with Gasteiger partial charge in [0.05, 0.1) is 6.54 Å². The van der Waals surface area contributed by atoms with E-state index in [0.29, 0.717) is 47.8 Å². The first kappa shape index (κ1) is 19.5. The monoisotopic (exact) mass is 409 g/mol. The molecule has 2 amide bonds. The number of nitrogens with one attached hydrogen (secondary N) is 4. The average molecular weight is 409 g/mol. The van der Waals surface area contributed by atoms with Gasteiger partial charge in [-0.1, -0.05) is 25.9 Å². The Kier molecular flexibility index (Phi) is 5.13. The minimum atomic E-state index is -0.409. The number of hydrogen-bond acceptors (Lipinski definition) is 8. The molecule has 4 N–H and O–H groups in total. The highest BCUT2D eigenvalue weighted by atomic mass is 16.5. The van der Waals surface area contributed by atoms with Crippen LogP contribution in [0, 0.1) is 0 Å². The van der Waals surface area contributed by atoms with Crippen molar-refractivity contribution in [2.75, 3.05) is 34.4 Å². The molecule has 30 heavy (non-hydrogen) atoms. The summed E-state index contributed by atoms with van der Waals surface area (Å²) in [4.78, 5) is 20.6. The predicted octanol–water partition coefficient (Wildman–Crippen LogP) is 3.95. The van der Waals surface area contributed by atoms with Crippen LogP contribution in [0.1, 0.15) is 26.5 Å². The van der Waals surface area contributed by atoms with Gasteiger partial charge in [-0.05, 0) is 24.3 Å². The Morgan fingerprint density at radius 1 is 1.10 bits per heavy atom. The largest absolute Gasteiger partial charge is 0.485 e. The molecule has 3 heterocycles. The lowest BCUT2D eigenvalue weighted by molar-refractivity contribution is 0.262. The molecule has 2 aromatic heterocycles. The predicted molar refractivity (Wildman–Crippen MR) is 114 cm³/mol. The lowest BCUT2D eigenvalue weighted by Crippen LogP contribution is -2.20. The Morgan fingerprint density at radius 2 is 1.87 bits per heavy atom. The maximum atomic E-state index is 12.2. The lowest BCUT2D eigenvalue weighted by Gasteiger charge is -2.20. The standard InChI is InChI=1S/C20H23N7O3/c1-20(2,3)14-10-15(27-30-14)26-19(28)25-13-6-4-12(5-7-13)24-18-16-17(22-11-23-18)21-8-9-29-16/h4-7,10-11H,8-9H2,1-3H3,(H2,21,22,23,24)(H2,25,26,27,28). The number of hydrogen-bond donors (Lipinski definition) is 4. The van der Waals surface area contributed by atoms with Crippen LogP contribution >= 0.6 is 0 Å². The molecule has 10 heteroatoms. The molecule has 0 radical (unpaired) electrons. The molecule has 0 aliphatic carbocycles. The molecule has 1 aliphatic rings. The molecule has 1 aliphatic heterocycles. The van der Waals surface area contributed by atoms with E-state index in [2.05, 4.69) is 36.4 Å². The van der Waals surface area contributed by atoms with Crippen molar-refractivity contribution in [3.63, 3.8) is 0 Å². The first-order chi connectivity index (χ1) is 14.4. The van der Waals surface area contributed by atoms with Gasteiger partial charge in [0, 0.05) is 22.9 Å². The third-order valence-electron chi connectivity index (χ3n) is 4.34. The summed E-state index contributed by atoms with van der Waals surface area (Å²) >= 11 is 0. The molecular formula is C20H23N7O3. The van der Waals surface area contributed by atoms with E-state index < -0.39 is 6.03 Å². The summed E-state index contributed by atoms with van der Waals surface area (Å²) in [5.74, 6) is 2.88.